The minimum atomic E-state index is -1.51. The van der Waals surface area contributed by atoms with Crippen molar-refractivity contribution in [3.8, 4) is 0 Å². The molecule has 0 aromatic rings. The lowest BCUT2D eigenvalue weighted by atomic mass is 9.76. The lowest BCUT2D eigenvalue weighted by molar-refractivity contribution is -0.193. The molecule has 6 atom stereocenters. The van der Waals surface area contributed by atoms with Crippen molar-refractivity contribution in [3.63, 3.8) is 0 Å². The second-order valence-electron chi connectivity index (χ2n) is 7.93. The Bertz CT molecular complexity index is 607. The number of rotatable bonds is 2. The molecule has 0 spiro atoms. The van der Waals surface area contributed by atoms with Crippen molar-refractivity contribution in [1.29, 1.82) is 0 Å². The van der Waals surface area contributed by atoms with E-state index in [0.29, 0.717) is 12.8 Å². The molecule has 7 heteroatoms. The minimum Gasteiger partial charge on any atom is -0.455 e. The van der Waals surface area contributed by atoms with E-state index in [4.69, 9.17) is 9.47 Å². The molecular formula is C19H28O7. The van der Waals surface area contributed by atoms with Gasteiger partial charge in [0, 0.05) is 11.5 Å². The van der Waals surface area contributed by atoms with E-state index in [-0.39, 0.29) is 12.0 Å². The van der Waals surface area contributed by atoms with Gasteiger partial charge >= 0.3 is 11.9 Å². The summed E-state index contributed by atoms with van der Waals surface area (Å²) in [5, 5.41) is 21.6. The Morgan fingerprint density at radius 3 is 2.58 bits per heavy atom. The first-order chi connectivity index (χ1) is 12.0. The van der Waals surface area contributed by atoms with Gasteiger partial charge < -0.3 is 19.7 Å². The van der Waals surface area contributed by atoms with Crippen LogP contribution in [-0.4, -0.2) is 51.8 Å². The topological polar surface area (TPSA) is 110 Å². The highest BCUT2D eigenvalue weighted by Gasteiger charge is 2.55. The van der Waals surface area contributed by atoms with Crippen LogP contribution < -0.4 is 0 Å². The summed E-state index contributed by atoms with van der Waals surface area (Å²) >= 11 is 0. The molecule has 0 bridgehead atoms. The van der Waals surface area contributed by atoms with Crippen molar-refractivity contribution in [2.45, 2.75) is 70.9 Å². The second-order valence-corrected chi connectivity index (χ2v) is 7.93. The molecule has 2 rings (SSSR count). The highest BCUT2D eigenvalue weighted by atomic mass is 16.6. The van der Waals surface area contributed by atoms with Gasteiger partial charge in [-0.1, -0.05) is 27.4 Å². The lowest BCUT2D eigenvalue weighted by Gasteiger charge is -2.39. The molecule has 2 aliphatic rings. The van der Waals surface area contributed by atoms with Gasteiger partial charge in [-0.3, -0.25) is 9.59 Å². The predicted molar refractivity (Wildman–Crippen MR) is 91.9 cm³/mol. The van der Waals surface area contributed by atoms with Gasteiger partial charge in [-0.15, -0.1) is 0 Å². The Balaban J connectivity index is 2.48. The summed E-state index contributed by atoms with van der Waals surface area (Å²) in [6, 6.07) is 0. The van der Waals surface area contributed by atoms with Crippen LogP contribution in [0.1, 0.15) is 47.0 Å². The van der Waals surface area contributed by atoms with Crippen molar-refractivity contribution >= 4 is 17.7 Å². The zero-order valence-corrected chi connectivity index (χ0v) is 15.7. The lowest BCUT2D eigenvalue weighted by Crippen LogP contribution is -2.55. The quantitative estimate of drug-likeness (QED) is 0.556. The number of hydrogen-bond acceptors (Lipinski definition) is 7. The van der Waals surface area contributed by atoms with Crippen molar-refractivity contribution in [2.24, 2.45) is 17.8 Å². The van der Waals surface area contributed by atoms with Gasteiger partial charge in [0.2, 0.25) is 0 Å². The van der Waals surface area contributed by atoms with Crippen LogP contribution in [0.3, 0.4) is 0 Å². The number of carbonyl (C=O) groups excluding carboxylic acids is 3. The third-order valence-corrected chi connectivity index (χ3v) is 5.32. The van der Waals surface area contributed by atoms with E-state index >= 15 is 0 Å². The Kier molecular flexibility index (Phi) is 5.92. The molecule has 0 aromatic heterocycles. The number of esters is 2. The molecule has 2 N–H and O–H groups in total. The van der Waals surface area contributed by atoms with Gasteiger partial charge in [0.05, 0.1) is 11.8 Å². The largest absolute Gasteiger partial charge is 0.455 e. The smallest absolute Gasteiger partial charge is 0.334 e. The summed E-state index contributed by atoms with van der Waals surface area (Å²) in [5.41, 5.74) is -1.54. The number of fused-ring (bicyclic) bond motifs is 1. The first kappa shape index (κ1) is 20.6. The second kappa shape index (κ2) is 7.48. The fourth-order valence-corrected chi connectivity index (χ4v) is 3.56. The van der Waals surface area contributed by atoms with E-state index in [9.17, 15) is 24.6 Å². The molecular weight excluding hydrogens is 340 g/mol. The molecule has 1 heterocycles. The summed E-state index contributed by atoms with van der Waals surface area (Å²) in [6.07, 6.45) is -2.67. The molecule has 1 aliphatic carbocycles. The zero-order chi connectivity index (χ0) is 19.8. The van der Waals surface area contributed by atoms with Gasteiger partial charge in [0.1, 0.15) is 11.7 Å². The Morgan fingerprint density at radius 2 is 2.00 bits per heavy atom. The predicted octanol–water partition coefficient (Wildman–Crippen LogP) is 1.15. The van der Waals surface area contributed by atoms with Gasteiger partial charge in [0.15, 0.2) is 18.0 Å². The summed E-state index contributed by atoms with van der Waals surface area (Å²) in [6.45, 7) is 10.2. The number of ketones is 1. The fraction of sp³-hybridized carbons (Fsp3) is 0.737. The first-order valence-electron chi connectivity index (χ1n) is 9.01. The van der Waals surface area contributed by atoms with Crippen LogP contribution >= 0.6 is 0 Å². The van der Waals surface area contributed by atoms with Crippen molar-refractivity contribution in [2.75, 3.05) is 0 Å². The molecule has 0 amide bonds. The Hall–Kier alpha value is -1.73. The van der Waals surface area contributed by atoms with Gasteiger partial charge in [-0.25, -0.2) is 4.79 Å². The van der Waals surface area contributed by atoms with Gasteiger partial charge in [-0.05, 0) is 26.2 Å². The minimum absolute atomic E-state index is 0.0509. The van der Waals surface area contributed by atoms with Crippen molar-refractivity contribution < 1.29 is 34.1 Å². The maximum Gasteiger partial charge on any atom is 0.334 e. The van der Waals surface area contributed by atoms with E-state index < -0.39 is 59.4 Å². The zero-order valence-electron chi connectivity index (χ0n) is 15.7. The molecule has 1 saturated carbocycles. The van der Waals surface area contributed by atoms with E-state index in [0.717, 1.165) is 0 Å². The average Bonchev–Trinajstić information content (AvgIpc) is 2.84. The molecule has 7 nitrogen and oxygen atoms in total. The van der Waals surface area contributed by atoms with Crippen LogP contribution in [0, 0.1) is 17.8 Å². The van der Waals surface area contributed by atoms with Gasteiger partial charge in [0.25, 0.3) is 0 Å². The molecule has 26 heavy (non-hydrogen) atoms. The van der Waals surface area contributed by atoms with Crippen LogP contribution in [0.2, 0.25) is 0 Å². The Labute approximate surface area is 153 Å². The molecule has 2 fully saturated rings. The first-order valence-corrected chi connectivity index (χ1v) is 9.01. The maximum absolute atomic E-state index is 12.5. The average molecular weight is 368 g/mol. The third-order valence-electron chi connectivity index (χ3n) is 5.32. The van der Waals surface area contributed by atoms with Crippen LogP contribution in [0.15, 0.2) is 12.2 Å². The third kappa shape index (κ3) is 3.83. The van der Waals surface area contributed by atoms with E-state index in [1.54, 1.807) is 20.8 Å². The summed E-state index contributed by atoms with van der Waals surface area (Å²) < 4.78 is 10.8. The maximum atomic E-state index is 12.5. The van der Waals surface area contributed by atoms with Crippen LogP contribution in [0.5, 0.6) is 0 Å². The van der Waals surface area contributed by atoms with Crippen LogP contribution in [0.4, 0.5) is 0 Å². The van der Waals surface area contributed by atoms with Crippen molar-refractivity contribution in [1.82, 2.24) is 0 Å². The molecule has 0 radical (unpaired) electrons. The van der Waals surface area contributed by atoms with E-state index in [1.807, 2.05) is 0 Å². The molecule has 6 unspecified atom stereocenters. The summed E-state index contributed by atoms with van der Waals surface area (Å²) in [4.78, 5) is 36.8. The summed E-state index contributed by atoms with van der Waals surface area (Å²) in [5.74, 6) is -3.68. The molecule has 1 aliphatic heterocycles. The SMILES string of the molecule is C=C1C(=O)OC2C1C(O)C(=O)C(C)CCCC(C)(O)C2OC(=O)C(C)C. The highest BCUT2D eigenvalue weighted by Crippen LogP contribution is 2.40. The summed E-state index contributed by atoms with van der Waals surface area (Å²) in [7, 11) is 0. The standard InChI is InChI=1S/C19H28O7/c1-9(2)17(22)26-16-15-12(11(4)18(23)25-15)14(21)13(20)10(3)7-6-8-19(16,5)24/h9-10,12,14-16,21,24H,4,6-8H2,1-3,5H3. The monoisotopic (exact) mass is 368 g/mol. The number of Topliss-reactive ketones (excluding diaryl/α,β-unsaturated/α-hetero) is 1. The molecule has 1 saturated heterocycles. The number of ether oxygens (including phenoxy) is 2. The Morgan fingerprint density at radius 1 is 1.38 bits per heavy atom. The number of aliphatic hydroxyl groups excluding tert-OH is 1. The van der Waals surface area contributed by atoms with Crippen molar-refractivity contribution in [3.05, 3.63) is 12.2 Å². The number of hydrogen-bond donors (Lipinski definition) is 2. The van der Waals surface area contributed by atoms with Crippen LogP contribution in [0.25, 0.3) is 0 Å². The number of carbonyl (C=O) groups is 3. The molecule has 146 valence electrons. The van der Waals surface area contributed by atoms with E-state index in [2.05, 4.69) is 6.58 Å². The number of aliphatic hydroxyl groups is 2. The van der Waals surface area contributed by atoms with E-state index in [1.165, 1.54) is 6.92 Å². The van der Waals surface area contributed by atoms with Gasteiger partial charge in [-0.2, -0.15) is 0 Å². The molecule has 0 aromatic carbocycles. The van der Waals surface area contributed by atoms with Crippen LogP contribution in [-0.2, 0) is 23.9 Å². The normalized spacial score (nSPS) is 38.7. The fourth-order valence-electron chi connectivity index (χ4n) is 3.56. The highest BCUT2D eigenvalue weighted by molar-refractivity contribution is 5.94.